The molecule has 0 spiro atoms. The second-order valence-corrected chi connectivity index (χ2v) is 4.82. The smallest absolute Gasteiger partial charge is 0.123 e. The van der Waals surface area contributed by atoms with Gasteiger partial charge in [0.2, 0.25) is 0 Å². The summed E-state index contributed by atoms with van der Waals surface area (Å²) in [5.41, 5.74) is 1.25. The minimum absolute atomic E-state index is 0.639. The van der Waals surface area contributed by atoms with Crippen LogP contribution in [-0.4, -0.2) is 13.2 Å². The van der Waals surface area contributed by atoms with E-state index < -0.39 is 0 Å². The Morgan fingerprint density at radius 1 is 1.11 bits per heavy atom. The Hall–Kier alpha value is -1.02. The molecule has 0 saturated heterocycles. The standard InChI is InChI=1S/C16H27NO/c1-4-6-11-15(9-5-2)17-13-14-10-7-8-12-16(14)18-3/h7-8,10,12,15,17H,4-6,9,11,13H2,1-3H3. The summed E-state index contributed by atoms with van der Waals surface area (Å²) in [7, 11) is 1.74. The zero-order valence-electron chi connectivity index (χ0n) is 12.0. The van der Waals surface area contributed by atoms with E-state index in [0.717, 1.165) is 12.3 Å². The first-order chi connectivity index (χ1) is 8.81. The van der Waals surface area contributed by atoms with Gasteiger partial charge in [0.1, 0.15) is 5.75 Å². The SMILES string of the molecule is CCCCC(CCC)NCc1ccccc1OC. The van der Waals surface area contributed by atoms with Gasteiger partial charge in [0.25, 0.3) is 0 Å². The lowest BCUT2D eigenvalue weighted by atomic mass is 10.0. The van der Waals surface area contributed by atoms with Crippen molar-refractivity contribution in [1.29, 1.82) is 0 Å². The molecule has 1 aromatic rings. The Morgan fingerprint density at radius 3 is 2.56 bits per heavy atom. The fraction of sp³-hybridized carbons (Fsp3) is 0.625. The van der Waals surface area contributed by atoms with Crippen LogP contribution < -0.4 is 10.1 Å². The van der Waals surface area contributed by atoms with E-state index in [4.69, 9.17) is 4.74 Å². The fourth-order valence-corrected chi connectivity index (χ4v) is 2.25. The molecule has 0 aromatic heterocycles. The zero-order valence-corrected chi connectivity index (χ0v) is 12.0. The van der Waals surface area contributed by atoms with Gasteiger partial charge >= 0.3 is 0 Å². The number of methoxy groups -OCH3 is 1. The van der Waals surface area contributed by atoms with Crippen molar-refractivity contribution in [3.63, 3.8) is 0 Å². The summed E-state index contributed by atoms with van der Waals surface area (Å²) in [6.07, 6.45) is 6.36. The molecule has 0 bridgehead atoms. The molecule has 0 radical (unpaired) electrons. The van der Waals surface area contributed by atoms with Crippen LogP contribution in [0, 0.1) is 0 Å². The summed E-state index contributed by atoms with van der Waals surface area (Å²) >= 11 is 0. The average molecular weight is 249 g/mol. The normalized spacial score (nSPS) is 12.4. The van der Waals surface area contributed by atoms with Crippen LogP contribution in [0.25, 0.3) is 0 Å². The summed E-state index contributed by atoms with van der Waals surface area (Å²) < 4.78 is 5.38. The molecule has 0 aliphatic heterocycles. The lowest BCUT2D eigenvalue weighted by Crippen LogP contribution is -2.28. The molecule has 1 rings (SSSR count). The average Bonchev–Trinajstić information content (AvgIpc) is 2.42. The number of ether oxygens (including phenoxy) is 1. The molecular weight excluding hydrogens is 222 g/mol. The van der Waals surface area contributed by atoms with Crippen LogP contribution in [0.15, 0.2) is 24.3 Å². The summed E-state index contributed by atoms with van der Waals surface area (Å²) in [4.78, 5) is 0. The Kier molecular flexibility index (Phi) is 7.51. The van der Waals surface area contributed by atoms with Crippen LogP contribution in [0.2, 0.25) is 0 Å². The van der Waals surface area contributed by atoms with E-state index in [9.17, 15) is 0 Å². The first-order valence-electron chi connectivity index (χ1n) is 7.17. The third kappa shape index (κ3) is 5.09. The molecule has 2 nitrogen and oxygen atoms in total. The van der Waals surface area contributed by atoms with E-state index in [0.29, 0.717) is 6.04 Å². The van der Waals surface area contributed by atoms with Crippen molar-refractivity contribution in [2.75, 3.05) is 7.11 Å². The molecule has 2 heteroatoms. The molecule has 102 valence electrons. The molecule has 1 aromatic carbocycles. The third-order valence-electron chi connectivity index (χ3n) is 3.32. The Balaban J connectivity index is 2.49. The van der Waals surface area contributed by atoms with Crippen LogP contribution in [0.3, 0.4) is 0 Å². The van der Waals surface area contributed by atoms with Crippen molar-refractivity contribution >= 4 is 0 Å². The minimum atomic E-state index is 0.639. The Morgan fingerprint density at radius 2 is 1.89 bits per heavy atom. The number of hydrogen-bond acceptors (Lipinski definition) is 2. The molecule has 0 amide bonds. The van der Waals surface area contributed by atoms with Crippen LogP contribution >= 0.6 is 0 Å². The lowest BCUT2D eigenvalue weighted by Gasteiger charge is -2.18. The molecule has 18 heavy (non-hydrogen) atoms. The number of para-hydroxylation sites is 1. The number of rotatable bonds is 9. The maximum absolute atomic E-state index is 5.38. The summed E-state index contributed by atoms with van der Waals surface area (Å²) in [5.74, 6) is 0.982. The molecule has 0 fully saturated rings. The van der Waals surface area contributed by atoms with Gasteiger partial charge in [-0.3, -0.25) is 0 Å². The highest BCUT2D eigenvalue weighted by atomic mass is 16.5. The van der Waals surface area contributed by atoms with Crippen molar-refractivity contribution in [2.45, 2.75) is 58.5 Å². The van der Waals surface area contributed by atoms with Crippen LogP contribution in [-0.2, 0) is 6.54 Å². The Bertz CT molecular complexity index is 325. The Labute approximate surface area is 112 Å². The molecule has 0 heterocycles. The largest absolute Gasteiger partial charge is 0.496 e. The van der Waals surface area contributed by atoms with E-state index in [1.165, 1.54) is 37.7 Å². The molecular formula is C16H27NO. The molecule has 0 aliphatic carbocycles. The maximum Gasteiger partial charge on any atom is 0.123 e. The van der Waals surface area contributed by atoms with Crippen LogP contribution in [0.4, 0.5) is 0 Å². The van der Waals surface area contributed by atoms with Gasteiger partial charge in [-0.25, -0.2) is 0 Å². The first-order valence-corrected chi connectivity index (χ1v) is 7.17. The van der Waals surface area contributed by atoms with Gasteiger partial charge in [-0.15, -0.1) is 0 Å². The highest BCUT2D eigenvalue weighted by Crippen LogP contribution is 2.17. The predicted molar refractivity (Wildman–Crippen MR) is 78.1 cm³/mol. The molecule has 0 aliphatic rings. The highest BCUT2D eigenvalue weighted by Gasteiger charge is 2.08. The van der Waals surface area contributed by atoms with Crippen molar-refractivity contribution in [3.05, 3.63) is 29.8 Å². The summed E-state index contributed by atoms with van der Waals surface area (Å²) in [5, 5.41) is 3.67. The van der Waals surface area contributed by atoms with Crippen molar-refractivity contribution < 1.29 is 4.74 Å². The quantitative estimate of drug-likeness (QED) is 0.710. The van der Waals surface area contributed by atoms with Gasteiger partial charge in [-0.2, -0.15) is 0 Å². The second kappa shape index (κ2) is 8.98. The van der Waals surface area contributed by atoms with E-state index >= 15 is 0 Å². The van der Waals surface area contributed by atoms with E-state index in [1.54, 1.807) is 7.11 Å². The van der Waals surface area contributed by atoms with E-state index in [1.807, 2.05) is 12.1 Å². The number of hydrogen-bond donors (Lipinski definition) is 1. The maximum atomic E-state index is 5.38. The predicted octanol–water partition coefficient (Wildman–Crippen LogP) is 4.14. The van der Waals surface area contributed by atoms with Crippen molar-refractivity contribution in [2.24, 2.45) is 0 Å². The zero-order chi connectivity index (χ0) is 13.2. The number of nitrogens with one attached hydrogen (secondary N) is 1. The highest BCUT2D eigenvalue weighted by molar-refractivity contribution is 5.32. The van der Waals surface area contributed by atoms with Gasteiger partial charge in [0.15, 0.2) is 0 Å². The van der Waals surface area contributed by atoms with Crippen molar-refractivity contribution in [3.8, 4) is 5.75 Å². The fourth-order valence-electron chi connectivity index (χ4n) is 2.25. The summed E-state index contributed by atoms with van der Waals surface area (Å²) in [6.45, 7) is 5.41. The first kappa shape index (κ1) is 15.0. The molecule has 1 N–H and O–H groups in total. The van der Waals surface area contributed by atoms with E-state index in [2.05, 4.69) is 31.3 Å². The van der Waals surface area contributed by atoms with Gasteiger partial charge in [-0.05, 0) is 18.9 Å². The summed E-state index contributed by atoms with van der Waals surface area (Å²) in [6, 6.07) is 8.88. The van der Waals surface area contributed by atoms with Gasteiger partial charge in [-0.1, -0.05) is 51.3 Å². The van der Waals surface area contributed by atoms with Gasteiger partial charge in [0, 0.05) is 18.2 Å². The van der Waals surface area contributed by atoms with Crippen molar-refractivity contribution in [1.82, 2.24) is 5.32 Å². The lowest BCUT2D eigenvalue weighted by molar-refractivity contribution is 0.397. The number of unbranched alkanes of at least 4 members (excludes halogenated alkanes) is 1. The van der Waals surface area contributed by atoms with Crippen LogP contribution in [0.5, 0.6) is 5.75 Å². The van der Waals surface area contributed by atoms with Gasteiger partial charge in [0.05, 0.1) is 7.11 Å². The van der Waals surface area contributed by atoms with Crippen LogP contribution in [0.1, 0.15) is 51.5 Å². The topological polar surface area (TPSA) is 21.3 Å². The van der Waals surface area contributed by atoms with E-state index in [-0.39, 0.29) is 0 Å². The minimum Gasteiger partial charge on any atom is -0.496 e. The molecule has 0 saturated carbocycles. The monoisotopic (exact) mass is 249 g/mol. The molecule has 1 unspecified atom stereocenters. The second-order valence-electron chi connectivity index (χ2n) is 4.82. The third-order valence-corrected chi connectivity index (χ3v) is 3.32. The molecule has 1 atom stereocenters. The van der Waals surface area contributed by atoms with Gasteiger partial charge < -0.3 is 10.1 Å². The number of benzene rings is 1.